The second kappa shape index (κ2) is 18.2. The number of esters is 1. The Hall–Kier alpha value is -5.52. The van der Waals surface area contributed by atoms with Gasteiger partial charge in [0.25, 0.3) is 0 Å². The van der Waals surface area contributed by atoms with Gasteiger partial charge in [-0.1, -0.05) is 84.9 Å². The highest BCUT2D eigenvalue weighted by molar-refractivity contribution is 5.89. The van der Waals surface area contributed by atoms with Crippen LogP contribution in [0, 0.1) is 0 Å². The average Bonchev–Trinajstić information content (AvgIpc) is 3.69. The molecule has 0 bridgehead atoms. The van der Waals surface area contributed by atoms with Gasteiger partial charge in [-0.15, -0.1) is 0 Å². The van der Waals surface area contributed by atoms with Gasteiger partial charge in [0.15, 0.2) is 6.29 Å². The average molecular weight is 770 g/mol. The summed E-state index contributed by atoms with van der Waals surface area (Å²) in [5.41, 5.74) is 5.84. The number of carbonyl (C=O) groups excluding carboxylic acids is 2. The lowest BCUT2D eigenvalue weighted by Crippen LogP contribution is -2.45. The fraction of sp³-hybridized carbons (Fsp3) is 0.319. The van der Waals surface area contributed by atoms with Crippen molar-refractivity contribution in [3.8, 4) is 22.6 Å². The summed E-state index contributed by atoms with van der Waals surface area (Å²) < 4.78 is 24.9. The summed E-state index contributed by atoms with van der Waals surface area (Å²) in [6, 6.07) is 40.3. The molecule has 2 amide bonds. The molecule has 0 saturated carbocycles. The minimum atomic E-state index is -0.621. The van der Waals surface area contributed by atoms with Gasteiger partial charge in [0.1, 0.15) is 23.1 Å². The van der Waals surface area contributed by atoms with E-state index in [0.717, 1.165) is 58.5 Å². The summed E-state index contributed by atoms with van der Waals surface area (Å²) >= 11 is 0. The molecule has 0 aliphatic carbocycles. The summed E-state index contributed by atoms with van der Waals surface area (Å²) in [6.07, 6.45) is 1.26. The largest absolute Gasteiger partial charge is 0.459 e. The van der Waals surface area contributed by atoms with E-state index in [1.54, 1.807) is 12.1 Å². The number of anilines is 1. The summed E-state index contributed by atoms with van der Waals surface area (Å²) in [5, 5.41) is 15.4. The summed E-state index contributed by atoms with van der Waals surface area (Å²) in [7, 11) is 0. The maximum absolute atomic E-state index is 13.1. The molecule has 2 heterocycles. The van der Waals surface area contributed by atoms with E-state index in [1.807, 2.05) is 118 Å². The Morgan fingerprint density at radius 3 is 2.23 bits per heavy atom. The highest BCUT2D eigenvalue weighted by Gasteiger charge is 2.39. The van der Waals surface area contributed by atoms with Gasteiger partial charge in [0.05, 0.1) is 18.8 Å². The molecule has 0 radical (unpaired) electrons. The van der Waals surface area contributed by atoms with E-state index >= 15 is 0 Å². The molecule has 10 heteroatoms. The lowest BCUT2D eigenvalue weighted by molar-refractivity contribution is -0.253. The predicted octanol–water partition coefficient (Wildman–Crippen LogP) is 9.31. The summed E-state index contributed by atoms with van der Waals surface area (Å²) in [6.45, 7) is 7.41. The lowest BCUT2D eigenvalue weighted by Gasteiger charge is -2.38. The zero-order valence-electron chi connectivity index (χ0n) is 32.7. The molecule has 10 nitrogen and oxygen atoms in total. The van der Waals surface area contributed by atoms with Crippen LogP contribution in [-0.4, -0.2) is 52.8 Å². The zero-order chi connectivity index (χ0) is 39.8. The fourth-order valence-electron chi connectivity index (χ4n) is 7.26. The van der Waals surface area contributed by atoms with Crippen molar-refractivity contribution in [3.63, 3.8) is 0 Å². The molecule has 2 aliphatic heterocycles. The first-order chi connectivity index (χ1) is 27.6. The maximum Gasteiger partial charge on any atom is 0.323 e. The topological polar surface area (TPSA) is 119 Å². The molecule has 2 aliphatic rings. The number of urea groups is 1. The minimum absolute atomic E-state index is 0.0239. The molecule has 0 spiro atoms. The van der Waals surface area contributed by atoms with E-state index in [2.05, 4.69) is 33.7 Å². The van der Waals surface area contributed by atoms with Gasteiger partial charge in [0.2, 0.25) is 0 Å². The molecule has 7 rings (SSSR count). The number of aliphatic hydroxyl groups is 1. The number of para-hydroxylation sites is 1. The number of aliphatic hydroxyl groups excluding tert-OH is 1. The third-order valence-electron chi connectivity index (χ3n) is 10.1. The molecular formula is C47H51N3O7. The number of benzene rings is 5. The predicted molar refractivity (Wildman–Crippen MR) is 220 cm³/mol. The van der Waals surface area contributed by atoms with Crippen molar-refractivity contribution in [3.05, 3.63) is 150 Å². The monoisotopic (exact) mass is 769 g/mol. The van der Waals surface area contributed by atoms with Crippen molar-refractivity contribution < 1.29 is 33.6 Å². The number of ether oxygens (including phenoxy) is 4. The summed E-state index contributed by atoms with van der Waals surface area (Å²) in [4.78, 5) is 28.1. The third kappa shape index (κ3) is 10.9. The molecule has 5 aromatic rings. The van der Waals surface area contributed by atoms with E-state index in [4.69, 9.17) is 18.9 Å². The highest BCUT2D eigenvalue weighted by Crippen LogP contribution is 2.39. The smallest absolute Gasteiger partial charge is 0.323 e. The quantitative estimate of drug-likeness (QED) is 0.108. The SMILES string of the molecule is CC(C)(C)OC(=O)C1CCCN1CC1CC(c2ccc(CO)cc2)OC(c2ccc(-c3cccc(CNC(=O)Nc4ccc(Oc5ccccc5)cc4)c3)cc2)O1. The first kappa shape index (κ1) is 39.7. The molecule has 0 aromatic heterocycles. The minimum Gasteiger partial charge on any atom is -0.459 e. The van der Waals surface area contributed by atoms with E-state index in [-0.39, 0.29) is 36.9 Å². The summed E-state index contributed by atoms with van der Waals surface area (Å²) in [5.74, 6) is 1.24. The highest BCUT2D eigenvalue weighted by atomic mass is 16.7. The van der Waals surface area contributed by atoms with Crippen LogP contribution in [0.5, 0.6) is 11.5 Å². The van der Waals surface area contributed by atoms with Crippen LogP contribution in [0.2, 0.25) is 0 Å². The van der Waals surface area contributed by atoms with E-state index < -0.39 is 11.9 Å². The Morgan fingerprint density at radius 2 is 1.51 bits per heavy atom. The Kier molecular flexibility index (Phi) is 12.7. The van der Waals surface area contributed by atoms with Gasteiger partial charge < -0.3 is 34.7 Å². The van der Waals surface area contributed by atoms with Crippen molar-refractivity contribution in [2.45, 2.75) is 83.3 Å². The molecule has 2 saturated heterocycles. The van der Waals surface area contributed by atoms with Gasteiger partial charge in [-0.3, -0.25) is 9.69 Å². The molecule has 57 heavy (non-hydrogen) atoms. The number of hydrogen-bond acceptors (Lipinski definition) is 8. The molecule has 3 N–H and O–H groups in total. The Bertz CT molecular complexity index is 2080. The first-order valence-corrected chi connectivity index (χ1v) is 19.6. The van der Waals surface area contributed by atoms with Crippen molar-refractivity contribution >= 4 is 17.7 Å². The van der Waals surface area contributed by atoms with E-state index in [1.165, 1.54) is 0 Å². The number of amides is 2. The number of hydrogen-bond donors (Lipinski definition) is 3. The maximum atomic E-state index is 13.1. The second-order valence-electron chi connectivity index (χ2n) is 15.6. The molecular weight excluding hydrogens is 719 g/mol. The van der Waals surface area contributed by atoms with Crippen LogP contribution in [0.3, 0.4) is 0 Å². The van der Waals surface area contributed by atoms with Crippen LogP contribution in [-0.2, 0) is 32.2 Å². The third-order valence-corrected chi connectivity index (χ3v) is 10.1. The van der Waals surface area contributed by atoms with Gasteiger partial charge in [-0.05, 0) is 110 Å². The molecule has 4 atom stereocenters. The van der Waals surface area contributed by atoms with Gasteiger partial charge in [0, 0.05) is 30.8 Å². The van der Waals surface area contributed by atoms with Crippen LogP contribution in [0.1, 0.15) is 74.7 Å². The van der Waals surface area contributed by atoms with Gasteiger partial charge in [-0.2, -0.15) is 0 Å². The van der Waals surface area contributed by atoms with Crippen molar-refractivity contribution in [1.29, 1.82) is 0 Å². The number of rotatable bonds is 12. The Balaban J connectivity index is 0.986. The van der Waals surface area contributed by atoms with E-state index in [0.29, 0.717) is 30.9 Å². The van der Waals surface area contributed by atoms with Crippen LogP contribution in [0.15, 0.2) is 127 Å². The van der Waals surface area contributed by atoms with Crippen molar-refractivity contribution in [1.82, 2.24) is 10.2 Å². The molecule has 4 unspecified atom stereocenters. The standard InChI is InChI=1S/C47H51N3O7/c1-47(2,3)57-44(52)42-13-8-26-50(42)30-41-28-43(35-16-14-32(31-51)15-17-35)56-45(55-41)36-20-18-34(19-21-36)37-10-7-9-33(27-37)29-48-46(53)49-38-22-24-40(25-23-38)54-39-11-5-4-6-12-39/h4-7,9-12,14-25,27,41-43,45,51H,8,13,26,28-31H2,1-3H3,(H2,48,49,53). The van der Waals surface area contributed by atoms with Crippen LogP contribution in [0.4, 0.5) is 10.5 Å². The van der Waals surface area contributed by atoms with Crippen LogP contribution in [0.25, 0.3) is 11.1 Å². The molecule has 5 aromatic carbocycles. The Morgan fingerprint density at radius 1 is 0.789 bits per heavy atom. The van der Waals surface area contributed by atoms with E-state index in [9.17, 15) is 14.7 Å². The number of carbonyl (C=O) groups is 2. The molecule has 2 fully saturated rings. The Labute approximate surface area is 334 Å². The van der Waals surface area contributed by atoms with Crippen molar-refractivity contribution in [2.75, 3.05) is 18.4 Å². The lowest BCUT2D eigenvalue weighted by atomic mass is 9.98. The first-order valence-electron chi connectivity index (χ1n) is 19.6. The van der Waals surface area contributed by atoms with Crippen molar-refractivity contribution in [2.24, 2.45) is 0 Å². The molecule has 296 valence electrons. The fourth-order valence-corrected chi connectivity index (χ4v) is 7.26. The number of likely N-dealkylation sites (tertiary alicyclic amines) is 1. The van der Waals surface area contributed by atoms with Gasteiger partial charge in [-0.25, -0.2) is 4.79 Å². The normalized spacial score (nSPS) is 19.8. The van der Waals surface area contributed by atoms with Crippen LogP contribution >= 0.6 is 0 Å². The van der Waals surface area contributed by atoms with Gasteiger partial charge >= 0.3 is 12.0 Å². The zero-order valence-corrected chi connectivity index (χ0v) is 32.7. The second-order valence-corrected chi connectivity index (χ2v) is 15.6. The number of nitrogens with zero attached hydrogens (tertiary/aromatic N) is 1. The van der Waals surface area contributed by atoms with Crippen LogP contribution < -0.4 is 15.4 Å². The number of nitrogens with one attached hydrogen (secondary N) is 2.